The summed E-state index contributed by atoms with van der Waals surface area (Å²) in [7, 11) is -12.4. The van der Waals surface area contributed by atoms with Gasteiger partial charge in [0.2, 0.25) is 0 Å². The zero-order valence-electron chi connectivity index (χ0n) is 37.5. The van der Waals surface area contributed by atoms with Crippen molar-refractivity contribution in [2.24, 2.45) is 0 Å². The van der Waals surface area contributed by atoms with E-state index in [-0.39, 0.29) is 0 Å². The van der Waals surface area contributed by atoms with Gasteiger partial charge in [0, 0.05) is 72.2 Å². The van der Waals surface area contributed by atoms with E-state index in [1.807, 2.05) is 0 Å². The standard InChI is InChI=1S/C34H90Si12/c1-29(2)45(31(37(5,6)7)38(8,9)10,32(39(11,12)13)40(14,15)16)35-36-46(30(3)4,33(41(17,18)19)42(20,21)22)34(43(23,24)25)44(26,27)28/h29-34H,1-28H3/q-1. The lowest BCUT2D eigenvalue weighted by atomic mass is 10.6. The predicted molar refractivity (Wildman–Crippen MR) is 255 cm³/mol. The van der Waals surface area contributed by atoms with Crippen LogP contribution in [0.25, 0.3) is 0 Å². The molecular weight excluding hydrogens is 745 g/mol. The molecule has 0 rings (SSSR count). The van der Waals surface area contributed by atoms with Crippen LogP contribution < -0.4 is 0 Å². The number of hydrogen-bond acceptors (Lipinski definition) is 0. The minimum Gasteiger partial charge on any atom is -0.463 e. The first kappa shape index (κ1) is 48.6. The number of hydrogen-bond donors (Lipinski definition) is 0. The quantitative estimate of drug-likeness (QED) is 0.136. The molecule has 0 heterocycles. The van der Waals surface area contributed by atoms with Gasteiger partial charge in [-0.05, 0) is 0 Å². The van der Waals surface area contributed by atoms with Crippen LogP contribution in [0.3, 0.4) is 0 Å². The van der Waals surface area contributed by atoms with Crippen LogP contribution in [-0.2, 0) is 0 Å². The molecule has 0 N–H and O–H groups in total. The fourth-order valence-electron chi connectivity index (χ4n) is 13.4. The molecular formula is C34H90Si12-. The molecule has 0 amide bonds. The summed E-state index contributed by atoms with van der Waals surface area (Å²) in [5.41, 5.74) is 1.83. The van der Waals surface area contributed by atoms with Gasteiger partial charge in [-0.25, -0.2) is 0 Å². The summed E-state index contributed by atoms with van der Waals surface area (Å²) >= 11 is 0. The van der Waals surface area contributed by atoms with Gasteiger partial charge in [-0.3, -0.25) is 8.13 Å². The zero-order chi connectivity index (χ0) is 37.9. The lowest BCUT2D eigenvalue weighted by Crippen LogP contribution is -2.75. The van der Waals surface area contributed by atoms with E-state index >= 15 is 0 Å². The van der Waals surface area contributed by atoms with E-state index in [0.717, 1.165) is 30.2 Å². The van der Waals surface area contributed by atoms with Crippen molar-refractivity contribution < 1.29 is 0 Å². The lowest BCUT2D eigenvalue weighted by molar-refractivity contribution is 0.989. The minimum atomic E-state index is -1.77. The zero-order valence-corrected chi connectivity index (χ0v) is 49.5. The van der Waals surface area contributed by atoms with Gasteiger partial charge in [0.05, 0.1) is 0 Å². The van der Waals surface area contributed by atoms with E-state index in [4.69, 9.17) is 0 Å². The van der Waals surface area contributed by atoms with Crippen molar-refractivity contribution in [2.75, 3.05) is 0 Å². The third kappa shape index (κ3) is 11.1. The van der Waals surface area contributed by atoms with Crippen molar-refractivity contribution >= 4 is 96.0 Å². The Morgan fingerprint density at radius 1 is 0.304 bits per heavy atom. The molecule has 46 heavy (non-hydrogen) atoms. The molecule has 275 valence electrons. The van der Waals surface area contributed by atoms with Crippen LogP contribution in [0, 0.1) is 0 Å². The molecule has 0 fully saturated rings. The van der Waals surface area contributed by atoms with Crippen LogP contribution in [0.15, 0.2) is 0 Å². The Morgan fingerprint density at radius 2 is 0.500 bits per heavy atom. The highest BCUT2D eigenvalue weighted by Crippen LogP contribution is 2.57. The molecule has 0 aromatic heterocycles. The second kappa shape index (κ2) is 15.2. The van der Waals surface area contributed by atoms with Crippen LogP contribution in [0.1, 0.15) is 27.7 Å². The van der Waals surface area contributed by atoms with Gasteiger partial charge in [-0.2, -0.15) is 0 Å². The summed E-state index contributed by atoms with van der Waals surface area (Å²) in [6.07, 6.45) is 0. The van der Waals surface area contributed by atoms with Crippen LogP contribution in [0.4, 0.5) is 0 Å². The molecule has 1 radical (unpaired) electrons. The van der Waals surface area contributed by atoms with Crippen molar-refractivity contribution in [2.45, 2.75) is 215 Å². The molecule has 12 heteroatoms. The fourth-order valence-corrected chi connectivity index (χ4v) is 199. The van der Waals surface area contributed by atoms with Crippen molar-refractivity contribution in [3.8, 4) is 0 Å². The van der Waals surface area contributed by atoms with E-state index in [0.29, 0.717) is 0 Å². The smallest absolute Gasteiger partial charge is 0.0420 e. The van der Waals surface area contributed by atoms with Gasteiger partial charge in [0.15, 0.2) is 0 Å². The SMILES string of the molecule is CC(C)[Si]([Si]=[Si-][Si](C(C)C)(C([Si](C)(C)C)[Si](C)(C)C)C([Si](C)(C)C)[Si](C)(C)C)(C([Si](C)(C)C)[Si](C)(C)C)C([Si](C)(C)C)[Si](C)(C)C. The monoisotopic (exact) mass is 834 g/mol. The van der Waals surface area contributed by atoms with E-state index in [2.05, 4.69) is 185 Å². The third-order valence-corrected chi connectivity index (χ3v) is 116. The Balaban J connectivity index is 9.35. The summed E-state index contributed by atoms with van der Waals surface area (Å²) in [5.74, 6) is 0. The average molecular weight is 836 g/mol. The molecule has 0 saturated heterocycles. The first-order chi connectivity index (χ1) is 19.6. The molecule has 0 aliphatic heterocycles. The van der Waals surface area contributed by atoms with Gasteiger partial charge in [0.1, 0.15) is 0 Å². The second-order valence-electron chi connectivity index (χ2n) is 25.1. The highest BCUT2D eigenvalue weighted by atomic mass is 29.6. The second-order valence-corrected chi connectivity index (χ2v) is 94.5. The summed E-state index contributed by atoms with van der Waals surface area (Å²) < 4.78 is 0. The maximum atomic E-state index is 2.85. The summed E-state index contributed by atoms with van der Waals surface area (Å²) in [5, 5.41) is 0. The Hall–Kier alpha value is 2.60. The first-order valence-corrected chi connectivity index (χ1v) is 57.2. The van der Waals surface area contributed by atoms with Crippen molar-refractivity contribution in [1.82, 2.24) is 0 Å². The van der Waals surface area contributed by atoms with Gasteiger partial charge in [-0.15, -0.1) is 7.59 Å². The molecule has 0 nitrogen and oxygen atoms in total. The highest BCUT2D eigenvalue weighted by molar-refractivity contribution is 7.56. The first-order valence-electron chi connectivity index (χ1n) is 19.1. The molecule has 0 aliphatic carbocycles. The topological polar surface area (TPSA) is 0 Å². The molecule has 0 unspecified atom stereocenters. The summed E-state index contributed by atoms with van der Waals surface area (Å²) in [6.45, 7) is 79.8. The molecule has 0 saturated carbocycles. The third-order valence-electron chi connectivity index (χ3n) is 11.2. The van der Waals surface area contributed by atoms with Crippen molar-refractivity contribution in [3.63, 3.8) is 0 Å². The van der Waals surface area contributed by atoms with Gasteiger partial charge >= 0.3 is 0 Å². The maximum absolute atomic E-state index is 2.85. The van der Waals surface area contributed by atoms with Crippen molar-refractivity contribution in [1.29, 1.82) is 0 Å². The Morgan fingerprint density at radius 3 is 0.630 bits per heavy atom. The lowest BCUT2D eigenvalue weighted by Gasteiger charge is -2.69. The Labute approximate surface area is 308 Å². The van der Waals surface area contributed by atoms with Crippen LogP contribution in [-0.4, -0.2) is 96.0 Å². The molecule has 0 aromatic rings. The van der Waals surface area contributed by atoms with Crippen LogP contribution >= 0.6 is 0 Å². The minimum absolute atomic E-state index is 0.915. The Kier molecular flexibility index (Phi) is 16.0. The van der Waals surface area contributed by atoms with Gasteiger partial charge < -0.3 is 8.13 Å². The molecule has 0 atom stereocenters. The molecule has 0 aliphatic rings. The highest BCUT2D eigenvalue weighted by Gasteiger charge is 2.61. The van der Waals surface area contributed by atoms with E-state index in [9.17, 15) is 0 Å². The Bertz CT molecular complexity index is 806. The average Bonchev–Trinajstić information content (AvgIpc) is 2.62. The molecule has 0 bridgehead atoms. The van der Waals surface area contributed by atoms with E-state index in [1.165, 1.54) is 16.3 Å². The van der Waals surface area contributed by atoms with Crippen molar-refractivity contribution in [3.05, 3.63) is 0 Å². The van der Waals surface area contributed by atoms with Crippen LogP contribution in [0.5, 0.6) is 0 Å². The molecule has 0 spiro atoms. The normalized spacial score (nSPS) is 16.5. The van der Waals surface area contributed by atoms with Crippen LogP contribution in [0.2, 0.25) is 187 Å². The number of rotatable bonds is 16. The van der Waals surface area contributed by atoms with Gasteiger partial charge in [0.25, 0.3) is 0 Å². The maximum Gasteiger partial charge on any atom is 0.0420 e. The largest absolute Gasteiger partial charge is 0.463 e. The predicted octanol–water partition coefficient (Wildman–Crippen LogP) is 13.5. The summed E-state index contributed by atoms with van der Waals surface area (Å²) in [4.78, 5) is 4.48. The fraction of sp³-hybridized carbons (Fsp3) is 1.00. The van der Waals surface area contributed by atoms with Gasteiger partial charge in [-0.1, -0.05) is 215 Å². The summed E-state index contributed by atoms with van der Waals surface area (Å²) in [6, 6.07) is 0. The van der Waals surface area contributed by atoms with E-state index < -0.39 is 79.8 Å². The molecule has 0 aromatic carbocycles. The van der Waals surface area contributed by atoms with E-state index in [1.54, 1.807) is 0 Å².